The molecule has 0 fully saturated rings. The van der Waals surface area contributed by atoms with Crippen LogP contribution >= 0.6 is 11.6 Å². The minimum absolute atomic E-state index is 0.0409. The molecular formula is C20H17ClFNO2. The summed E-state index contributed by atoms with van der Waals surface area (Å²) in [5, 5.41) is 4.66. The van der Waals surface area contributed by atoms with Crippen molar-refractivity contribution in [3.05, 3.63) is 71.5 Å². The normalized spacial score (nSPS) is 12.0. The number of amides is 1. The van der Waals surface area contributed by atoms with E-state index in [-0.39, 0.29) is 10.9 Å². The van der Waals surface area contributed by atoms with Crippen LogP contribution in [-0.4, -0.2) is 12.0 Å². The van der Waals surface area contributed by atoms with Crippen molar-refractivity contribution in [1.29, 1.82) is 0 Å². The zero-order chi connectivity index (χ0) is 17.8. The third kappa shape index (κ3) is 3.91. The molecule has 0 bridgehead atoms. The number of hydrogen-bond acceptors (Lipinski definition) is 2. The molecule has 3 rings (SSSR count). The van der Waals surface area contributed by atoms with Gasteiger partial charge < -0.3 is 10.1 Å². The molecule has 0 saturated carbocycles. The number of carbonyl (C=O) groups is 1. The molecule has 3 aromatic carbocycles. The Labute approximate surface area is 150 Å². The fraction of sp³-hybridized carbons (Fsp3) is 0.150. The number of rotatable bonds is 5. The van der Waals surface area contributed by atoms with Crippen LogP contribution in [0.3, 0.4) is 0 Å². The zero-order valence-electron chi connectivity index (χ0n) is 13.6. The van der Waals surface area contributed by atoms with Gasteiger partial charge in [0.25, 0.3) is 5.91 Å². The van der Waals surface area contributed by atoms with E-state index in [4.69, 9.17) is 16.3 Å². The third-order valence-electron chi connectivity index (χ3n) is 3.87. The summed E-state index contributed by atoms with van der Waals surface area (Å²) in [7, 11) is 0. The molecular weight excluding hydrogens is 341 g/mol. The number of carbonyl (C=O) groups excluding carboxylic acids is 1. The lowest BCUT2D eigenvalue weighted by molar-refractivity contribution is -0.122. The van der Waals surface area contributed by atoms with Crippen LogP contribution in [0.25, 0.3) is 10.8 Å². The minimum atomic E-state index is -0.672. The van der Waals surface area contributed by atoms with Crippen molar-refractivity contribution in [1.82, 2.24) is 0 Å². The number of hydrogen-bond donors (Lipinski definition) is 1. The molecule has 0 aromatic heterocycles. The van der Waals surface area contributed by atoms with E-state index in [1.807, 2.05) is 49.4 Å². The Hall–Kier alpha value is -2.59. The molecule has 3 aromatic rings. The van der Waals surface area contributed by atoms with E-state index >= 15 is 0 Å². The second-order valence-corrected chi connectivity index (χ2v) is 6.02. The first-order valence-corrected chi connectivity index (χ1v) is 8.36. The fourth-order valence-electron chi connectivity index (χ4n) is 2.57. The highest BCUT2D eigenvalue weighted by molar-refractivity contribution is 6.31. The Balaban J connectivity index is 1.79. The predicted octanol–water partition coefficient (Wildman–Crippen LogP) is 5.43. The molecule has 5 heteroatoms. The van der Waals surface area contributed by atoms with Crippen LogP contribution in [0.15, 0.2) is 60.7 Å². The van der Waals surface area contributed by atoms with Crippen LogP contribution in [0.5, 0.6) is 5.75 Å². The van der Waals surface area contributed by atoms with Crippen LogP contribution < -0.4 is 10.1 Å². The summed E-state index contributed by atoms with van der Waals surface area (Å²) in [5.74, 6) is -0.186. The SMILES string of the molecule is CC[C@H](Oc1cccc2ccccc12)C(=O)Nc1ccc(F)c(Cl)c1. The maximum Gasteiger partial charge on any atom is 0.265 e. The summed E-state index contributed by atoms with van der Waals surface area (Å²) in [4.78, 5) is 12.5. The molecule has 1 amide bonds. The molecule has 0 aliphatic rings. The highest BCUT2D eigenvalue weighted by Crippen LogP contribution is 2.27. The molecule has 0 aliphatic carbocycles. The summed E-state index contributed by atoms with van der Waals surface area (Å²) in [6, 6.07) is 17.6. The van der Waals surface area contributed by atoms with E-state index < -0.39 is 11.9 Å². The van der Waals surface area contributed by atoms with Crippen LogP contribution in [0.4, 0.5) is 10.1 Å². The van der Waals surface area contributed by atoms with Crippen LogP contribution in [0, 0.1) is 5.82 Å². The van der Waals surface area contributed by atoms with Crippen molar-refractivity contribution < 1.29 is 13.9 Å². The number of nitrogens with one attached hydrogen (secondary N) is 1. The number of benzene rings is 3. The topological polar surface area (TPSA) is 38.3 Å². The Morgan fingerprint density at radius 1 is 1.16 bits per heavy atom. The zero-order valence-corrected chi connectivity index (χ0v) is 14.4. The van der Waals surface area contributed by atoms with Gasteiger partial charge in [0.2, 0.25) is 0 Å². The van der Waals surface area contributed by atoms with Gasteiger partial charge in [-0.3, -0.25) is 4.79 Å². The Bertz CT molecular complexity index is 908. The van der Waals surface area contributed by atoms with Crippen molar-refractivity contribution in [2.75, 3.05) is 5.32 Å². The Morgan fingerprint density at radius 3 is 2.68 bits per heavy atom. The highest BCUT2D eigenvalue weighted by Gasteiger charge is 2.19. The van der Waals surface area contributed by atoms with Crippen molar-refractivity contribution in [3.8, 4) is 5.75 Å². The summed E-state index contributed by atoms with van der Waals surface area (Å²) in [5.41, 5.74) is 0.427. The summed E-state index contributed by atoms with van der Waals surface area (Å²) >= 11 is 5.75. The fourth-order valence-corrected chi connectivity index (χ4v) is 2.75. The quantitative estimate of drug-likeness (QED) is 0.661. The largest absolute Gasteiger partial charge is 0.480 e. The molecule has 1 N–H and O–H groups in total. The lowest BCUT2D eigenvalue weighted by Crippen LogP contribution is -2.32. The molecule has 0 aliphatic heterocycles. The van der Waals surface area contributed by atoms with Gasteiger partial charge in [0.05, 0.1) is 5.02 Å². The van der Waals surface area contributed by atoms with Crippen LogP contribution in [0.2, 0.25) is 5.02 Å². The smallest absolute Gasteiger partial charge is 0.265 e. The first kappa shape index (κ1) is 17.2. The average Bonchev–Trinajstić information content (AvgIpc) is 2.62. The molecule has 0 unspecified atom stereocenters. The number of halogens is 2. The predicted molar refractivity (Wildman–Crippen MR) is 98.7 cm³/mol. The van der Waals surface area contributed by atoms with Gasteiger partial charge in [0.15, 0.2) is 6.10 Å². The lowest BCUT2D eigenvalue weighted by Gasteiger charge is -2.18. The van der Waals surface area contributed by atoms with Crippen molar-refractivity contribution in [2.45, 2.75) is 19.4 Å². The monoisotopic (exact) mass is 357 g/mol. The highest BCUT2D eigenvalue weighted by atomic mass is 35.5. The van der Waals surface area contributed by atoms with Crippen LogP contribution in [-0.2, 0) is 4.79 Å². The first-order chi connectivity index (χ1) is 12.1. The molecule has 128 valence electrons. The van der Waals surface area contributed by atoms with Crippen molar-refractivity contribution in [3.63, 3.8) is 0 Å². The maximum atomic E-state index is 13.2. The molecule has 25 heavy (non-hydrogen) atoms. The third-order valence-corrected chi connectivity index (χ3v) is 4.16. The van der Waals surface area contributed by atoms with E-state index in [0.717, 1.165) is 10.8 Å². The van der Waals surface area contributed by atoms with Crippen LogP contribution in [0.1, 0.15) is 13.3 Å². The lowest BCUT2D eigenvalue weighted by atomic mass is 10.1. The average molecular weight is 358 g/mol. The molecule has 0 saturated heterocycles. The summed E-state index contributed by atoms with van der Waals surface area (Å²) in [6.45, 7) is 1.87. The molecule has 3 nitrogen and oxygen atoms in total. The van der Waals surface area contributed by atoms with Gasteiger partial charge in [0, 0.05) is 11.1 Å². The molecule has 0 spiro atoms. The van der Waals surface area contributed by atoms with Gasteiger partial charge in [-0.05, 0) is 36.1 Å². The minimum Gasteiger partial charge on any atom is -0.480 e. The van der Waals surface area contributed by atoms with E-state index in [2.05, 4.69) is 5.32 Å². The summed E-state index contributed by atoms with van der Waals surface area (Å²) < 4.78 is 19.2. The summed E-state index contributed by atoms with van der Waals surface area (Å²) in [6.07, 6.45) is -0.182. The number of anilines is 1. The van der Waals surface area contributed by atoms with Gasteiger partial charge in [-0.15, -0.1) is 0 Å². The van der Waals surface area contributed by atoms with E-state index in [0.29, 0.717) is 17.9 Å². The van der Waals surface area contributed by atoms with Gasteiger partial charge in [-0.1, -0.05) is 54.9 Å². The number of fused-ring (bicyclic) bond motifs is 1. The molecule has 1 atom stereocenters. The first-order valence-electron chi connectivity index (χ1n) is 7.99. The molecule has 0 heterocycles. The van der Waals surface area contributed by atoms with E-state index in [1.165, 1.54) is 18.2 Å². The maximum absolute atomic E-state index is 13.2. The second-order valence-electron chi connectivity index (χ2n) is 5.61. The van der Waals surface area contributed by atoms with Gasteiger partial charge >= 0.3 is 0 Å². The van der Waals surface area contributed by atoms with Gasteiger partial charge in [-0.25, -0.2) is 4.39 Å². The van der Waals surface area contributed by atoms with E-state index in [9.17, 15) is 9.18 Å². The Kier molecular flexibility index (Phi) is 5.19. The Morgan fingerprint density at radius 2 is 1.92 bits per heavy atom. The van der Waals surface area contributed by atoms with Gasteiger partial charge in [0.1, 0.15) is 11.6 Å². The number of ether oxygens (including phenoxy) is 1. The standard InChI is InChI=1S/C20H17ClFNO2/c1-2-18(20(24)23-14-10-11-17(22)16(21)12-14)25-19-9-5-7-13-6-3-4-8-15(13)19/h3-12,18H,2H2,1H3,(H,23,24)/t18-/m0/s1. The molecule has 0 radical (unpaired) electrons. The van der Waals surface area contributed by atoms with Crippen molar-refractivity contribution in [2.24, 2.45) is 0 Å². The van der Waals surface area contributed by atoms with E-state index in [1.54, 1.807) is 0 Å². The second kappa shape index (κ2) is 7.53. The van der Waals surface area contributed by atoms with Crippen molar-refractivity contribution >= 4 is 34.0 Å². The van der Waals surface area contributed by atoms with Gasteiger partial charge in [-0.2, -0.15) is 0 Å².